The van der Waals surface area contributed by atoms with Gasteiger partial charge in [-0.2, -0.15) is 0 Å². The Hall–Kier alpha value is -1.58. The second-order valence-corrected chi connectivity index (χ2v) is 2.69. The topological polar surface area (TPSA) is 69.4 Å². The van der Waals surface area contributed by atoms with E-state index in [1.54, 1.807) is 0 Å². The van der Waals surface area contributed by atoms with E-state index in [1.807, 2.05) is 0 Å². The average molecular weight is 213 g/mol. The number of ether oxygens (including phenoxy) is 1. The van der Waals surface area contributed by atoms with Gasteiger partial charge in [0, 0.05) is 6.08 Å². The van der Waals surface area contributed by atoms with Gasteiger partial charge in [-0.15, -0.1) is 0 Å². The van der Waals surface area contributed by atoms with Crippen LogP contribution in [0.2, 0.25) is 0 Å². The maximum atomic E-state index is 10.4. The molecular formula is C11H19NO3. The van der Waals surface area contributed by atoms with Crippen molar-refractivity contribution in [1.82, 2.24) is 0 Å². The van der Waals surface area contributed by atoms with Gasteiger partial charge in [-0.1, -0.05) is 32.9 Å². The van der Waals surface area contributed by atoms with Crippen molar-refractivity contribution in [1.29, 1.82) is 0 Å². The Kier molecular flexibility index (Phi) is 13.1. The minimum Gasteiger partial charge on any atom is -0.463 e. The summed E-state index contributed by atoms with van der Waals surface area (Å²) in [5.74, 6) is -0.805. The van der Waals surface area contributed by atoms with Crippen molar-refractivity contribution in [2.75, 3.05) is 6.61 Å². The number of carbonyl (C=O) groups excluding carboxylic acids is 2. The maximum absolute atomic E-state index is 10.4. The Labute approximate surface area is 90.8 Å². The predicted octanol–water partition coefficient (Wildman–Crippen LogP) is 1.56. The second-order valence-electron chi connectivity index (χ2n) is 2.69. The lowest BCUT2D eigenvalue weighted by Crippen LogP contribution is -2.04. The van der Waals surface area contributed by atoms with Gasteiger partial charge in [0.15, 0.2) is 0 Å². The fourth-order valence-corrected chi connectivity index (χ4v) is 0.584. The van der Waals surface area contributed by atoms with Gasteiger partial charge in [-0.3, -0.25) is 4.79 Å². The van der Waals surface area contributed by atoms with Gasteiger partial charge in [0.05, 0.1) is 6.61 Å². The Morgan fingerprint density at radius 2 is 1.80 bits per heavy atom. The molecule has 0 fully saturated rings. The van der Waals surface area contributed by atoms with Gasteiger partial charge in [0.25, 0.3) is 0 Å². The van der Waals surface area contributed by atoms with Crippen molar-refractivity contribution in [3.63, 3.8) is 0 Å². The molecule has 0 heterocycles. The van der Waals surface area contributed by atoms with Crippen LogP contribution in [-0.4, -0.2) is 18.5 Å². The first-order valence-corrected chi connectivity index (χ1v) is 4.79. The number of amides is 1. The molecule has 0 spiro atoms. The van der Waals surface area contributed by atoms with E-state index >= 15 is 0 Å². The summed E-state index contributed by atoms with van der Waals surface area (Å²) in [6, 6.07) is 0. The summed E-state index contributed by atoms with van der Waals surface area (Å²) < 4.78 is 4.74. The lowest BCUT2D eigenvalue weighted by atomic mass is 10.3. The summed E-state index contributed by atoms with van der Waals surface area (Å²) >= 11 is 0. The molecule has 0 bridgehead atoms. The molecule has 1 amide bonds. The highest BCUT2D eigenvalue weighted by molar-refractivity contribution is 5.85. The monoisotopic (exact) mass is 213 g/mol. The number of unbranched alkanes of at least 4 members (excludes halogenated alkanes) is 2. The average Bonchev–Trinajstić information content (AvgIpc) is 2.24. The van der Waals surface area contributed by atoms with Gasteiger partial charge in [0.1, 0.15) is 0 Å². The van der Waals surface area contributed by atoms with Crippen molar-refractivity contribution >= 4 is 11.9 Å². The van der Waals surface area contributed by atoms with E-state index < -0.39 is 5.91 Å². The van der Waals surface area contributed by atoms with Gasteiger partial charge in [-0.25, -0.2) is 4.79 Å². The summed E-state index contributed by atoms with van der Waals surface area (Å²) in [6.07, 6.45) is 5.46. The number of hydrogen-bond acceptors (Lipinski definition) is 3. The number of esters is 1. The fourth-order valence-electron chi connectivity index (χ4n) is 0.584. The highest BCUT2D eigenvalue weighted by atomic mass is 16.5. The number of nitrogens with two attached hydrogens (primary N) is 1. The number of rotatable bonds is 6. The molecule has 0 unspecified atom stereocenters. The van der Waals surface area contributed by atoms with E-state index in [-0.39, 0.29) is 5.97 Å². The molecule has 0 aromatic rings. The lowest BCUT2D eigenvalue weighted by Gasteiger charge is -1.98. The van der Waals surface area contributed by atoms with Crippen LogP contribution in [-0.2, 0) is 14.3 Å². The minimum atomic E-state index is -0.481. The summed E-state index contributed by atoms with van der Waals surface area (Å²) in [5.41, 5.74) is 4.53. The normalized spacial score (nSPS) is 8.07. The van der Waals surface area contributed by atoms with E-state index in [0.29, 0.717) is 6.61 Å². The van der Waals surface area contributed by atoms with E-state index in [0.717, 1.165) is 25.3 Å². The molecule has 4 nitrogen and oxygen atoms in total. The van der Waals surface area contributed by atoms with Crippen molar-refractivity contribution < 1.29 is 14.3 Å². The van der Waals surface area contributed by atoms with Crippen LogP contribution in [0.4, 0.5) is 0 Å². The number of primary amides is 1. The van der Waals surface area contributed by atoms with Crippen molar-refractivity contribution in [2.45, 2.75) is 26.2 Å². The van der Waals surface area contributed by atoms with Crippen molar-refractivity contribution in [3.05, 3.63) is 25.3 Å². The van der Waals surface area contributed by atoms with E-state index in [2.05, 4.69) is 25.8 Å². The van der Waals surface area contributed by atoms with Crippen LogP contribution in [0.5, 0.6) is 0 Å². The quantitative estimate of drug-likeness (QED) is 0.413. The number of carbonyl (C=O) groups is 2. The minimum absolute atomic E-state index is 0.323. The van der Waals surface area contributed by atoms with Crippen LogP contribution in [0.25, 0.3) is 0 Å². The predicted molar refractivity (Wildman–Crippen MR) is 60.1 cm³/mol. The first kappa shape index (κ1) is 15.9. The van der Waals surface area contributed by atoms with Crippen molar-refractivity contribution in [3.8, 4) is 0 Å². The van der Waals surface area contributed by atoms with Gasteiger partial charge < -0.3 is 10.5 Å². The van der Waals surface area contributed by atoms with Gasteiger partial charge >= 0.3 is 5.97 Å². The van der Waals surface area contributed by atoms with Gasteiger partial charge in [-0.05, 0) is 12.5 Å². The lowest BCUT2D eigenvalue weighted by molar-refractivity contribution is -0.137. The van der Waals surface area contributed by atoms with Crippen LogP contribution in [0.1, 0.15) is 26.2 Å². The summed E-state index contributed by atoms with van der Waals surface area (Å²) in [4.78, 5) is 19.9. The zero-order valence-corrected chi connectivity index (χ0v) is 9.20. The Balaban J connectivity index is 0. The fraction of sp³-hybridized carbons (Fsp3) is 0.455. The molecule has 0 aliphatic carbocycles. The molecule has 15 heavy (non-hydrogen) atoms. The van der Waals surface area contributed by atoms with E-state index in [9.17, 15) is 9.59 Å². The SMILES string of the molecule is C=CC(=O)OCCCCC.C=CC(N)=O. The summed E-state index contributed by atoms with van der Waals surface area (Å²) in [5, 5.41) is 0. The summed E-state index contributed by atoms with van der Waals surface area (Å²) in [6.45, 7) is 9.00. The van der Waals surface area contributed by atoms with Crippen LogP contribution in [0.15, 0.2) is 25.3 Å². The first-order valence-electron chi connectivity index (χ1n) is 4.79. The molecule has 4 heteroatoms. The molecule has 0 aromatic carbocycles. The third-order valence-electron chi connectivity index (χ3n) is 1.36. The second kappa shape index (κ2) is 12.4. The molecule has 2 N–H and O–H groups in total. The molecule has 0 aliphatic heterocycles. The maximum Gasteiger partial charge on any atom is 0.330 e. The first-order chi connectivity index (χ1) is 7.08. The highest BCUT2D eigenvalue weighted by Gasteiger charge is 1.92. The molecule has 86 valence electrons. The highest BCUT2D eigenvalue weighted by Crippen LogP contribution is 1.94. The van der Waals surface area contributed by atoms with E-state index in [4.69, 9.17) is 4.74 Å². The zero-order chi connectivity index (χ0) is 12.1. The Morgan fingerprint density at radius 3 is 2.13 bits per heavy atom. The molecule has 0 radical (unpaired) electrons. The Bertz CT molecular complexity index is 212. The third-order valence-corrected chi connectivity index (χ3v) is 1.36. The van der Waals surface area contributed by atoms with Crippen LogP contribution in [0, 0.1) is 0 Å². The van der Waals surface area contributed by atoms with Crippen LogP contribution < -0.4 is 5.73 Å². The molecule has 0 atom stereocenters. The molecule has 0 aromatic heterocycles. The Morgan fingerprint density at radius 1 is 1.27 bits per heavy atom. The number of hydrogen-bond donors (Lipinski definition) is 1. The zero-order valence-electron chi connectivity index (χ0n) is 9.20. The smallest absolute Gasteiger partial charge is 0.330 e. The van der Waals surface area contributed by atoms with Crippen LogP contribution in [0.3, 0.4) is 0 Å². The standard InChI is InChI=1S/C8H14O2.C3H5NO/c1-3-5-6-7-10-8(9)4-2;1-2-3(4)5/h4H,2-3,5-7H2,1H3;2H,1H2,(H2,4,5). The molecular weight excluding hydrogens is 194 g/mol. The molecule has 0 saturated carbocycles. The van der Waals surface area contributed by atoms with Crippen molar-refractivity contribution in [2.24, 2.45) is 5.73 Å². The third kappa shape index (κ3) is 19.0. The molecule has 0 rings (SSSR count). The van der Waals surface area contributed by atoms with E-state index in [1.165, 1.54) is 6.08 Å². The summed E-state index contributed by atoms with van der Waals surface area (Å²) in [7, 11) is 0. The molecule has 0 aliphatic rings. The largest absolute Gasteiger partial charge is 0.463 e. The van der Waals surface area contributed by atoms with Gasteiger partial charge in [0.2, 0.25) is 5.91 Å². The van der Waals surface area contributed by atoms with Crippen LogP contribution >= 0.6 is 0 Å². The molecule has 0 saturated heterocycles.